The Hall–Kier alpha value is -2.19. The Balaban J connectivity index is 1.60. The quantitative estimate of drug-likeness (QED) is 0.842. The van der Waals surface area contributed by atoms with Crippen molar-refractivity contribution in [3.8, 4) is 0 Å². The Kier molecular flexibility index (Phi) is 4.91. The minimum absolute atomic E-state index is 0.0467. The van der Waals surface area contributed by atoms with E-state index in [1.54, 1.807) is 18.7 Å². The molecule has 0 aliphatic carbocycles. The summed E-state index contributed by atoms with van der Waals surface area (Å²) in [7, 11) is -3.70. The minimum Gasteiger partial charge on any atom is -0.360 e. The van der Waals surface area contributed by atoms with Crippen molar-refractivity contribution in [2.45, 2.75) is 31.7 Å². The van der Waals surface area contributed by atoms with E-state index in [4.69, 9.17) is 4.52 Å². The van der Waals surface area contributed by atoms with Gasteiger partial charge < -0.3 is 9.42 Å². The maximum Gasteiger partial charge on any atom is 0.245 e. The third-order valence-corrected chi connectivity index (χ3v) is 5.98. The van der Waals surface area contributed by atoms with Crippen molar-refractivity contribution >= 4 is 15.9 Å². The van der Waals surface area contributed by atoms with Crippen LogP contribution in [0.5, 0.6) is 0 Å². The highest BCUT2D eigenvalue weighted by molar-refractivity contribution is 7.89. The van der Waals surface area contributed by atoms with Crippen LogP contribution in [-0.2, 0) is 21.4 Å². The number of rotatable bonds is 6. The first-order valence-electron chi connectivity index (χ1n) is 8.11. The van der Waals surface area contributed by atoms with Crippen LogP contribution in [0.2, 0.25) is 0 Å². The topological polar surface area (TPSA) is 92.5 Å². The second-order valence-corrected chi connectivity index (χ2v) is 8.04. The lowest BCUT2D eigenvalue weighted by atomic mass is 10.1. The molecule has 2 aromatic rings. The van der Waals surface area contributed by atoms with Crippen LogP contribution in [0.1, 0.15) is 23.4 Å². The average Bonchev–Trinajstić information content (AvgIpc) is 3.09. The summed E-state index contributed by atoms with van der Waals surface area (Å²) in [4.78, 5) is 14.0. The number of carbonyl (C=O) groups is 1. The molecule has 1 aliphatic heterocycles. The summed E-state index contributed by atoms with van der Waals surface area (Å²) in [5, 5.41) is 3.68. The van der Waals surface area contributed by atoms with Crippen LogP contribution in [0.25, 0.3) is 0 Å². The van der Waals surface area contributed by atoms with E-state index in [0.717, 1.165) is 5.56 Å². The predicted octanol–water partition coefficient (Wildman–Crippen LogP) is 1.62. The fourth-order valence-electron chi connectivity index (χ4n) is 3.11. The van der Waals surface area contributed by atoms with Gasteiger partial charge in [-0.25, -0.2) is 13.1 Å². The van der Waals surface area contributed by atoms with Crippen molar-refractivity contribution in [3.63, 3.8) is 0 Å². The van der Waals surface area contributed by atoms with E-state index < -0.39 is 10.0 Å². The number of likely N-dealkylation sites (tertiary alicyclic amines) is 1. The number of carbonyl (C=O) groups excluding carboxylic acids is 1. The van der Waals surface area contributed by atoms with Crippen molar-refractivity contribution in [3.05, 3.63) is 47.3 Å². The highest BCUT2D eigenvalue weighted by Gasteiger charge is 2.31. The van der Waals surface area contributed by atoms with Gasteiger partial charge in [-0.15, -0.1) is 0 Å². The maximum absolute atomic E-state index is 12.4. The zero-order valence-corrected chi connectivity index (χ0v) is 15.0. The largest absolute Gasteiger partial charge is 0.360 e. The molecule has 1 aromatic carbocycles. The molecule has 1 amide bonds. The molecule has 1 aromatic heterocycles. The van der Waals surface area contributed by atoms with E-state index in [1.165, 1.54) is 0 Å². The lowest BCUT2D eigenvalue weighted by Crippen LogP contribution is -2.31. The third kappa shape index (κ3) is 3.91. The molecule has 1 N–H and O–H groups in total. The van der Waals surface area contributed by atoms with Gasteiger partial charge in [-0.3, -0.25) is 4.79 Å². The lowest BCUT2D eigenvalue weighted by Gasteiger charge is -2.17. The zero-order valence-electron chi connectivity index (χ0n) is 14.2. The van der Waals surface area contributed by atoms with E-state index in [-0.39, 0.29) is 29.0 Å². The summed E-state index contributed by atoms with van der Waals surface area (Å²) >= 11 is 0. The smallest absolute Gasteiger partial charge is 0.245 e. The molecule has 0 bridgehead atoms. The zero-order chi connectivity index (χ0) is 18.0. The van der Waals surface area contributed by atoms with E-state index in [0.29, 0.717) is 25.2 Å². The number of hydrogen-bond donors (Lipinski definition) is 1. The summed E-state index contributed by atoms with van der Waals surface area (Å²) in [6, 6.07) is 9.75. The average molecular weight is 363 g/mol. The molecule has 1 fully saturated rings. The molecule has 0 spiro atoms. The molecule has 0 radical (unpaired) electrons. The Bertz CT molecular complexity index is 842. The molecule has 1 aliphatic rings. The van der Waals surface area contributed by atoms with Gasteiger partial charge in [-0.05, 0) is 25.3 Å². The number of benzene rings is 1. The van der Waals surface area contributed by atoms with Gasteiger partial charge in [0.15, 0.2) is 5.76 Å². The van der Waals surface area contributed by atoms with Crippen LogP contribution in [0.15, 0.2) is 39.8 Å². The van der Waals surface area contributed by atoms with Gasteiger partial charge in [0.1, 0.15) is 10.6 Å². The number of sulfonamides is 1. The van der Waals surface area contributed by atoms with Gasteiger partial charge >= 0.3 is 0 Å². The Labute approximate surface area is 147 Å². The molecular formula is C17H21N3O4S. The number of nitrogens with zero attached hydrogens (tertiary/aromatic N) is 2. The summed E-state index contributed by atoms with van der Waals surface area (Å²) in [5.41, 5.74) is 1.39. The molecule has 25 heavy (non-hydrogen) atoms. The van der Waals surface area contributed by atoms with Gasteiger partial charge in [-0.2, -0.15) is 0 Å². The first-order chi connectivity index (χ1) is 11.9. The van der Waals surface area contributed by atoms with E-state index >= 15 is 0 Å². The SMILES string of the molecule is Cc1noc(C)c1S(=O)(=O)NCC1CC(=O)N(Cc2ccccc2)C1. The fraction of sp³-hybridized carbons (Fsp3) is 0.412. The first-order valence-corrected chi connectivity index (χ1v) is 9.59. The van der Waals surface area contributed by atoms with Crippen LogP contribution < -0.4 is 4.72 Å². The third-order valence-electron chi connectivity index (χ3n) is 4.31. The summed E-state index contributed by atoms with van der Waals surface area (Å²) < 4.78 is 32.4. The molecule has 2 heterocycles. The number of aromatic nitrogens is 1. The monoisotopic (exact) mass is 363 g/mol. The van der Waals surface area contributed by atoms with Crippen LogP contribution in [0.4, 0.5) is 0 Å². The fourth-order valence-corrected chi connectivity index (χ4v) is 4.55. The van der Waals surface area contributed by atoms with Crippen molar-refractivity contribution in [2.24, 2.45) is 5.92 Å². The molecule has 0 saturated carbocycles. The standard InChI is InChI=1S/C17H21N3O4S/c1-12-17(13(2)24-19-12)25(22,23)18-9-15-8-16(21)20(11-15)10-14-6-4-3-5-7-14/h3-7,15,18H,8-11H2,1-2H3. The predicted molar refractivity (Wildman–Crippen MR) is 91.1 cm³/mol. The highest BCUT2D eigenvalue weighted by Crippen LogP contribution is 2.22. The number of hydrogen-bond acceptors (Lipinski definition) is 5. The van der Waals surface area contributed by atoms with Crippen LogP contribution >= 0.6 is 0 Å². The molecule has 1 unspecified atom stereocenters. The van der Waals surface area contributed by atoms with Crippen molar-refractivity contribution in [2.75, 3.05) is 13.1 Å². The Morgan fingerprint density at radius 2 is 2.00 bits per heavy atom. The summed E-state index contributed by atoms with van der Waals surface area (Å²) in [6.07, 6.45) is 0.344. The van der Waals surface area contributed by atoms with Crippen molar-refractivity contribution in [1.82, 2.24) is 14.8 Å². The number of amides is 1. The van der Waals surface area contributed by atoms with Gasteiger partial charge in [-0.1, -0.05) is 35.5 Å². The molecule has 134 valence electrons. The van der Waals surface area contributed by atoms with Crippen LogP contribution in [-0.4, -0.2) is 37.5 Å². The van der Waals surface area contributed by atoms with E-state index in [9.17, 15) is 13.2 Å². The summed E-state index contributed by atoms with van der Waals surface area (Å²) in [6.45, 7) is 4.45. The van der Waals surface area contributed by atoms with Gasteiger partial charge in [0.25, 0.3) is 0 Å². The van der Waals surface area contributed by atoms with Gasteiger partial charge in [0, 0.05) is 26.1 Å². The van der Waals surface area contributed by atoms with E-state index in [2.05, 4.69) is 9.88 Å². The number of aryl methyl sites for hydroxylation is 2. The molecule has 3 rings (SSSR count). The molecule has 7 nitrogen and oxygen atoms in total. The molecule has 1 atom stereocenters. The minimum atomic E-state index is -3.70. The van der Waals surface area contributed by atoms with Gasteiger partial charge in [0.05, 0.1) is 0 Å². The van der Waals surface area contributed by atoms with Crippen molar-refractivity contribution in [1.29, 1.82) is 0 Å². The normalized spacial score (nSPS) is 18.1. The van der Waals surface area contributed by atoms with Crippen LogP contribution in [0, 0.1) is 19.8 Å². The lowest BCUT2D eigenvalue weighted by molar-refractivity contribution is -0.128. The number of nitrogens with one attached hydrogen (secondary N) is 1. The molecule has 8 heteroatoms. The second kappa shape index (κ2) is 6.97. The molecular weight excluding hydrogens is 342 g/mol. The Morgan fingerprint density at radius 1 is 1.28 bits per heavy atom. The van der Waals surface area contributed by atoms with Crippen LogP contribution in [0.3, 0.4) is 0 Å². The molecule has 1 saturated heterocycles. The highest BCUT2D eigenvalue weighted by atomic mass is 32.2. The Morgan fingerprint density at radius 3 is 2.64 bits per heavy atom. The first kappa shape index (κ1) is 17.6. The van der Waals surface area contributed by atoms with Crippen molar-refractivity contribution < 1.29 is 17.7 Å². The second-order valence-electron chi connectivity index (χ2n) is 6.34. The van der Waals surface area contributed by atoms with E-state index in [1.807, 2.05) is 30.3 Å². The van der Waals surface area contributed by atoms with Gasteiger partial charge in [0.2, 0.25) is 15.9 Å². The maximum atomic E-state index is 12.4. The summed E-state index contributed by atoms with van der Waals surface area (Å²) in [5.74, 6) is 0.259.